The van der Waals surface area contributed by atoms with Gasteiger partial charge in [0.15, 0.2) is 14.6 Å². The summed E-state index contributed by atoms with van der Waals surface area (Å²) in [5.74, 6) is -1.23. The van der Waals surface area contributed by atoms with Crippen LogP contribution in [0.5, 0.6) is 5.75 Å². The third-order valence-corrected chi connectivity index (χ3v) is 7.55. The first kappa shape index (κ1) is 24.1. The molecule has 0 saturated carbocycles. The Hall–Kier alpha value is -3.50. The Bertz CT molecular complexity index is 1400. The van der Waals surface area contributed by atoms with E-state index in [0.29, 0.717) is 27.6 Å². The fraction of sp³-hybridized carbons (Fsp3) is 0.217. The number of ether oxygens (including phenoxy) is 1. The van der Waals surface area contributed by atoms with Crippen LogP contribution >= 0.6 is 0 Å². The number of hydroxylamine groups is 1. The highest BCUT2D eigenvalue weighted by Gasteiger charge is 2.45. The molecule has 0 aliphatic rings. The first-order valence-electron chi connectivity index (χ1n) is 9.83. The molecular weight excluding hydrogens is 451 g/mol. The molecule has 2 N–H and O–H groups in total. The molecule has 0 saturated heterocycles. The van der Waals surface area contributed by atoms with Gasteiger partial charge in [-0.3, -0.25) is 14.8 Å². The summed E-state index contributed by atoms with van der Waals surface area (Å²) in [5, 5.41) is 9.92. The number of aryl methyl sites for hydroxylation is 1. The van der Waals surface area contributed by atoms with Crippen LogP contribution in [0.4, 0.5) is 4.39 Å². The van der Waals surface area contributed by atoms with Crippen molar-refractivity contribution in [3.8, 4) is 16.9 Å². The van der Waals surface area contributed by atoms with E-state index in [9.17, 15) is 22.4 Å². The van der Waals surface area contributed by atoms with Gasteiger partial charge >= 0.3 is 0 Å². The van der Waals surface area contributed by atoms with E-state index in [1.54, 1.807) is 36.4 Å². The number of methoxy groups -OCH3 is 1. The molecule has 174 valence electrons. The second-order valence-corrected chi connectivity index (χ2v) is 9.79. The van der Waals surface area contributed by atoms with Gasteiger partial charge in [0, 0.05) is 36.0 Å². The van der Waals surface area contributed by atoms with E-state index in [-0.39, 0.29) is 13.0 Å². The van der Waals surface area contributed by atoms with E-state index in [0.717, 1.165) is 12.3 Å². The molecule has 0 bridgehead atoms. The van der Waals surface area contributed by atoms with Crippen molar-refractivity contribution in [2.45, 2.75) is 17.7 Å². The number of benzene rings is 2. The van der Waals surface area contributed by atoms with Gasteiger partial charge in [0.1, 0.15) is 11.6 Å². The van der Waals surface area contributed by atoms with Gasteiger partial charge in [-0.2, -0.15) is 0 Å². The summed E-state index contributed by atoms with van der Waals surface area (Å²) in [4.78, 5) is 25.1. The molecule has 1 aromatic heterocycles. The normalized spacial score (nSPS) is 13.3. The van der Waals surface area contributed by atoms with Crippen molar-refractivity contribution < 1.29 is 27.5 Å². The number of sulfone groups is 1. The molecule has 0 radical (unpaired) electrons. The Morgan fingerprint density at radius 3 is 2.58 bits per heavy atom. The number of hydrogen-bond donors (Lipinski definition) is 2. The quantitative estimate of drug-likeness (QED) is 0.295. The number of halogens is 1. The van der Waals surface area contributed by atoms with Gasteiger partial charge < -0.3 is 9.30 Å². The predicted molar refractivity (Wildman–Crippen MR) is 122 cm³/mol. The Morgan fingerprint density at radius 1 is 1.27 bits per heavy atom. The zero-order valence-corrected chi connectivity index (χ0v) is 18.9. The van der Waals surface area contributed by atoms with Crippen LogP contribution in [0.3, 0.4) is 0 Å². The van der Waals surface area contributed by atoms with Crippen LogP contribution in [0.1, 0.15) is 6.42 Å². The van der Waals surface area contributed by atoms with Gasteiger partial charge in [0.25, 0.3) is 11.5 Å². The van der Waals surface area contributed by atoms with Crippen molar-refractivity contribution in [2.75, 3.05) is 13.4 Å². The molecule has 0 aliphatic carbocycles. The minimum absolute atomic E-state index is 0.129. The molecule has 1 atom stereocenters. The van der Waals surface area contributed by atoms with E-state index < -0.39 is 31.9 Å². The fourth-order valence-corrected chi connectivity index (χ4v) is 4.83. The van der Waals surface area contributed by atoms with Gasteiger partial charge in [-0.25, -0.2) is 18.3 Å². The number of carbonyl (C=O) groups is 1. The molecule has 0 unspecified atom stereocenters. The maximum absolute atomic E-state index is 14.4. The number of fused-ring (bicyclic) bond motifs is 1. The zero-order valence-electron chi connectivity index (χ0n) is 18.0. The maximum atomic E-state index is 14.4. The molecule has 0 fully saturated rings. The summed E-state index contributed by atoms with van der Waals surface area (Å²) in [6.07, 6.45) is 2.94. The van der Waals surface area contributed by atoms with E-state index >= 15 is 0 Å². The standard InChI is InChI=1S/C23H23FN2O6S/c1-4-23(22(28)25-29,33(3,30)31)10-12-26-11-9-16-13-15(5-7-19(16)21(26)27)18-8-6-17(32-2)14-20(18)24/h4-9,11,13-14,29H,1,10,12H2,2-3H3,(H,25,28)/t23-/m1/s1. The van der Waals surface area contributed by atoms with Crippen LogP contribution in [-0.2, 0) is 21.2 Å². The summed E-state index contributed by atoms with van der Waals surface area (Å²) < 4.78 is 43.2. The lowest BCUT2D eigenvalue weighted by Gasteiger charge is -2.26. The molecule has 2 aromatic carbocycles. The lowest BCUT2D eigenvalue weighted by atomic mass is 10.0. The number of carbonyl (C=O) groups excluding carboxylic acids is 1. The molecule has 1 amide bonds. The lowest BCUT2D eigenvalue weighted by Crippen LogP contribution is -2.50. The van der Waals surface area contributed by atoms with Gasteiger partial charge in [0.2, 0.25) is 0 Å². The molecule has 3 aromatic rings. The molecule has 33 heavy (non-hydrogen) atoms. The van der Waals surface area contributed by atoms with Crippen molar-refractivity contribution in [1.82, 2.24) is 10.0 Å². The molecule has 0 spiro atoms. The summed E-state index contributed by atoms with van der Waals surface area (Å²) in [5.41, 5.74) is 1.87. The number of hydrogen-bond acceptors (Lipinski definition) is 6. The van der Waals surface area contributed by atoms with Crippen LogP contribution in [0, 0.1) is 5.82 Å². The molecular formula is C23H23FN2O6S. The van der Waals surface area contributed by atoms with Crippen molar-refractivity contribution >= 4 is 26.5 Å². The number of aromatic nitrogens is 1. The summed E-state index contributed by atoms with van der Waals surface area (Å²) in [7, 11) is -2.56. The zero-order chi connectivity index (χ0) is 24.4. The average Bonchev–Trinajstić information content (AvgIpc) is 2.79. The minimum atomic E-state index is -4.01. The van der Waals surface area contributed by atoms with E-state index in [1.807, 2.05) is 0 Å². The highest BCUT2D eigenvalue weighted by atomic mass is 32.2. The van der Waals surface area contributed by atoms with Crippen LogP contribution in [0.25, 0.3) is 21.9 Å². The topological polar surface area (TPSA) is 115 Å². The maximum Gasteiger partial charge on any atom is 0.268 e. The Kier molecular flexibility index (Phi) is 6.71. The highest BCUT2D eigenvalue weighted by molar-refractivity contribution is 7.93. The van der Waals surface area contributed by atoms with Gasteiger partial charge in [0.05, 0.1) is 7.11 Å². The molecule has 8 nitrogen and oxygen atoms in total. The Balaban J connectivity index is 1.98. The fourth-order valence-electron chi connectivity index (χ4n) is 3.68. The first-order valence-corrected chi connectivity index (χ1v) is 11.7. The molecule has 10 heteroatoms. The van der Waals surface area contributed by atoms with Crippen molar-refractivity contribution in [3.05, 3.63) is 77.5 Å². The number of amides is 1. The minimum Gasteiger partial charge on any atom is -0.497 e. The largest absolute Gasteiger partial charge is 0.497 e. The smallest absolute Gasteiger partial charge is 0.268 e. The van der Waals surface area contributed by atoms with E-state index in [4.69, 9.17) is 9.94 Å². The number of pyridine rings is 1. The number of rotatable bonds is 8. The first-order chi connectivity index (χ1) is 15.6. The molecule has 0 aliphatic heterocycles. The van der Waals surface area contributed by atoms with Crippen molar-refractivity contribution in [3.63, 3.8) is 0 Å². The Labute approximate surface area is 189 Å². The highest BCUT2D eigenvalue weighted by Crippen LogP contribution is 2.29. The summed E-state index contributed by atoms with van der Waals surface area (Å²) in [6, 6.07) is 11.0. The second kappa shape index (κ2) is 9.16. The average molecular weight is 475 g/mol. The van der Waals surface area contributed by atoms with Crippen molar-refractivity contribution in [2.24, 2.45) is 0 Å². The van der Waals surface area contributed by atoms with E-state index in [2.05, 4.69) is 6.58 Å². The van der Waals surface area contributed by atoms with Crippen LogP contribution < -0.4 is 15.8 Å². The predicted octanol–water partition coefficient (Wildman–Crippen LogP) is 2.68. The number of nitrogens with one attached hydrogen (secondary N) is 1. The van der Waals surface area contributed by atoms with Gasteiger partial charge in [-0.15, -0.1) is 6.58 Å². The summed E-state index contributed by atoms with van der Waals surface area (Å²) >= 11 is 0. The van der Waals surface area contributed by atoms with Crippen LogP contribution in [0.15, 0.2) is 66.1 Å². The number of nitrogens with zero attached hydrogens (tertiary/aromatic N) is 1. The summed E-state index contributed by atoms with van der Waals surface area (Å²) in [6.45, 7) is 3.30. The van der Waals surface area contributed by atoms with E-state index in [1.165, 1.54) is 29.4 Å². The Morgan fingerprint density at radius 2 is 2.00 bits per heavy atom. The lowest BCUT2D eigenvalue weighted by molar-refractivity contribution is -0.130. The van der Waals surface area contributed by atoms with Gasteiger partial charge in [-0.1, -0.05) is 12.1 Å². The third-order valence-electron chi connectivity index (χ3n) is 5.67. The van der Waals surface area contributed by atoms with Crippen LogP contribution in [-0.4, -0.2) is 42.2 Å². The second-order valence-electron chi connectivity index (χ2n) is 7.52. The van der Waals surface area contributed by atoms with Gasteiger partial charge in [-0.05, 0) is 47.7 Å². The monoisotopic (exact) mass is 474 g/mol. The van der Waals surface area contributed by atoms with Crippen LogP contribution in [0.2, 0.25) is 0 Å². The third kappa shape index (κ3) is 4.39. The molecule has 1 heterocycles. The SMILES string of the molecule is C=C[C@@](CCn1ccc2cc(-c3ccc(OC)cc3F)ccc2c1=O)(C(=O)NO)S(C)(=O)=O. The molecule has 3 rings (SSSR count). The van der Waals surface area contributed by atoms with Crippen molar-refractivity contribution in [1.29, 1.82) is 0 Å².